The van der Waals surface area contributed by atoms with E-state index in [4.69, 9.17) is 15.2 Å². The lowest BCUT2D eigenvalue weighted by Gasteiger charge is -2.25. The molecule has 3 rings (SSSR count). The number of halogens is 3. The highest BCUT2D eigenvalue weighted by molar-refractivity contribution is 5.68. The summed E-state index contributed by atoms with van der Waals surface area (Å²) in [5.41, 5.74) is 7.17. The monoisotopic (exact) mass is 353 g/mol. The van der Waals surface area contributed by atoms with Crippen molar-refractivity contribution in [3.05, 3.63) is 48.0 Å². The highest BCUT2D eigenvalue weighted by atomic mass is 19.4. The molecule has 0 radical (unpaired) electrons. The molecule has 132 valence electrons. The number of benzene rings is 2. The van der Waals surface area contributed by atoms with Gasteiger partial charge in [0.15, 0.2) is 0 Å². The van der Waals surface area contributed by atoms with Gasteiger partial charge in [-0.05, 0) is 35.4 Å². The topological polar surface area (TPSA) is 70.8 Å². The van der Waals surface area contributed by atoms with Crippen molar-refractivity contribution in [1.29, 1.82) is 0 Å². The molecule has 25 heavy (non-hydrogen) atoms. The summed E-state index contributed by atoms with van der Waals surface area (Å²) in [6.45, 7) is 0.397. The van der Waals surface area contributed by atoms with Gasteiger partial charge in [0.1, 0.15) is 17.6 Å². The molecule has 1 unspecified atom stereocenters. The van der Waals surface area contributed by atoms with Crippen molar-refractivity contribution in [2.24, 2.45) is 5.73 Å². The number of ether oxygens (including phenoxy) is 3. The summed E-state index contributed by atoms with van der Waals surface area (Å²) in [4.78, 5) is 11.0. The van der Waals surface area contributed by atoms with Crippen molar-refractivity contribution in [3.8, 4) is 22.6 Å². The molecule has 1 aliphatic rings. The first-order valence-electron chi connectivity index (χ1n) is 7.41. The molecular weight excluding hydrogens is 339 g/mol. The number of carbonyl (C=O) groups excluding carboxylic acids is 1. The van der Waals surface area contributed by atoms with Gasteiger partial charge in [-0.2, -0.15) is 0 Å². The fourth-order valence-corrected chi connectivity index (χ4v) is 2.65. The second kappa shape index (κ2) is 6.54. The van der Waals surface area contributed by atoms with Crippen LogP contribution in [0, 0.1) is 0 Å². The summed E-state index contributed by atoms with van der Waals surface area (Å²) >= 11 is 0. The fourth-order valence-electron chi connectivity index (χ4n) is 2.65. The van der Waals surface area contributed by atoms with Crippen LogP contribution in [-0.2, 0) is 4.74 Å². The minimum atomic E-state index is -4.73. The highest BCUT2D eigenvalue weighted by Crippen LogP contribution is 2.37. The zero-order chi connectivity index (χ0) is 18.0. The summed E-state index contributed by atoms with van der Waals surface area (Å²) in [5, 5.41) is 0. The summed E-state index contributed by atoms with van der Waals surface area (Å²) < 4.78 is 51.1. The number of hydrogen-bond acceptors (Lipinski definition) is 4. The van der Waals surface area contributed by atoms with Crippen molar-refractivity contribution < 1.29 is 32.2 Å². The molecule has 2 aromatic carbocycles. The minimum absolute atomic E-state index is 0.299. The largest absolute Gasteiger partial charge is 0.573 e. The zero-order valence-corrected chi connectivity index (χ0v) is 12.9. The van der Waals surface area contributed by atoms with Crippen LogP contribution in [0.4, 0.5) is 18.0 Å². The lowest BCUT2D eigenvalue weighted by atomic mass is 9.97. The Morgan fingerprint density at radius 3 is 2.44 bits per heavy atom. The summed E-state index contributed by atoms with van der Waals surface area (Å²) in [5.74, 6) is 0.283. The van der Waals surface area contributed by atoms with E-state index in [2.05, 4.69) is 4.74 Å². The van der Waals surface area contributed by atoms with Crippen LogP contribution in [0.2, 0.25) is 0 Å². The number of carbonyl (C=O) groups is 1. The first-order valence-corrected chi connectivity index (χ1v) is 7.41. The maximum Gasteiger partial charge on any atom is 0.573 e. The minimum Gasteiger partial charge on any atom is -0.493 e. The molecule has 0 fully saturated rings. The second-order valence-corrected chi connectivity index (χ2v) is 5.39. The van der Waals surface area contributed by atoms with Crippen LogP contribution < -0.4 is 15.2 Å². The lowest BCUT2D eigenvalue weighted by molar-refractivity contribution is -0.274. The van der Waals surface area contributed by atoms with E-state index in [0.29, 0.717) is 29.9 Å². The van der Waals surface area contributed by atoms with Crippen LogP contribution in [0.15, 0.2) is 42.5 Å². The summed E-state index contributed by atoms with van der Waals surface area (Å²) in [7, 11) is 0. The van der Waals surface area contributed by atoms with Gasteiger partial charge in [-0.1, -0.05) is 18.2 Å². The van der Waals surface area contributed by atoms with E-state index in [-0.39, 0.29) is 5.75 Å². The maximum atomic E-state index is 12.2. The van der Waals surface area contributed by atoms with E-state index in [1.807, 2.05) is 0 Å². The van der Waals surface area contributed by atoms with E-state index >= 15 is 0 Å². The van der Waals surface area contributed by atoms with Crippen molar-refractivity contribution in [1.82, 2.24) is 0 Å². The Hall–Kier alpha value is -2.90. The van der Waals surface area contributed by atoms with E-state index in [1.54, 1.807) is 18.2 Å². The third-order valence-electron chi connectivity index (χ3n) is 3.67. The summed E-state index contributed by atoms with van der Waals surface area (Å²) in [6.07, 6.45) is -5.66. The number of rotatable bonds is 3. The van der Waals surface area contributed by atoms with Crippen LogP contribution >= 0.6 is 0 Å². The smallest absolute Gasteiger partial charge is 0.493 e. The van der Waals surface area contributed by atoms with Crippen molar-refractivity contribution in [2.75, 3.05) is 6.61 Å². The first-order chi connectivity index (χ1) is 11.8. The Bertz CT molecular complexity index is 774. The normalized spacial score (nSPS) is 16.5. The fraction of sp³-hybridized carbons (Fsp3) is 0.235. The molecule has 2 aromatic rings. The molecule has 5 nitrogen and oxygen atoms in total. The van der Waals surface area contributed by atoms with Gasteiger partial charge in [-0.15, -0.1) is 13.2 Å². The van der Waals surface area contributed by atoms with Crippen molar-refractivity contribution in [3.63, 3.8) is 0 Å². The predicted octanol–water partition coefficient (Wildman–Crippen LogP) is 4.17. The molecule has 2 N–H and O–H groups in total. The number of nitrogens with two attached hydrogens (primary N) is 1. The molecule has 1 heterocycles. The van der Waals surface area contributed by atoms with Gasteiger partial charge in [-0.25, -0.2) is 4.79 Å². The molecule has 0 spiro atoms. The number of fused-ring (bicyclic) bond motifs is 1. The number of alkyl halides is 3. The van der Waals surface area contributed by atoms with Gasteiger partial charge in [0, 0.05) is 12.0 Å². The molecule has 8 heteroatoms. The van der Waals surface area contributed by atoms with Gasteiger partial charge in [-0.3, -0.25) is 0 Å². The Kier molecular flexibility index (Phi) is 4.43. The average molecular weight is 353 g/mol. The van der Waals surface area contributed by atoms with E-state index in [9.17, 15) is 18.0 Å². The van der Waals surface area contributed by atoms with Gasteiger partial charge >= 0.3 is 12.5 Å². The van der Waals surface area contributed by atoms with Crippen molar-refractivity contribution in [2.45, 2.75) is 18.9 Å². The third kappa shape index (κ3) is 4.14. The zero-order valence-electron chi connectivity index (χ0n) is 12.9. The van der Waals surface area contributed by atoms with E-state index in [1.165, 1.54) is 24.3 Å². The average Bonchev–Trinajstić information content (AvgIpc) is 2.53. The lowest BCUT2D eigenvalue weighted by Crippen LogP contribution is -2.22. The molecule has 0 saturated heterocycles. The van der Waals surface area contributed by atoms with E-state index in [0.717, 1.165) is 5.56 Å². The Morgan fingerprint density at radius 2 is 1.80 bits per heavy atom. The quantitative estimate of drug-likeness (QED) is 0.899. The molecule has 1 atom stereocenters. The Balaban J connectivity index is 1.87. The predicted molar refractivity (Wildman–Crippen MR) is 82.1 cm³/mol. The number of amides is 1. The second-order valence-electron chi connectivity index (χ2n) is 5.39. The van der Waals surface area contributed by atoms with Crippen LogP contribution in [0.3, 0.4) is 0 Å². The first kappa shape index (κ1) is 16.9. The summed E-state index contributed by atoms with van der Waals surface area (Å²) in [6, 6.07) is 10.7. The van der Waals surface area contributed by atoms with E-state index < -0.39 is 18.6 Å². The molecule has 0 aliphatic carbocycles. The van der Waals surface area contributed by atoms with Crippen LogP contribution in [-0.4, -0.2) is 19.1 Å². The molecule has 1 aliphatic heterocycles. The van der Waals surface area contributed by atoms with Gasteiger partial charge in [0.2, 0.25) is 0 Å². The molecule has 1 amide bonds. The Labute approximate surface area is 141 Å². The maximum absolute atomic E-state index is 12.2. The van der Waals surface area contributed by atoms with Gasteiger partial charge in [0.25, 0.3) is 0 Å². The number of primary amides is 1. The van der Waals surface area contributed by atoms with Gasteiger partial charge < -0.3 is 19.9 Å². The number of hydrogen-bond donors (Lipinski definition) is 1. The SMILES string of the molecule is NC(=O)OC1CCOc2ccc(-c3ccc(OC(F)(F)F)cc3)cc21. The molecule has 0 bridgehead atoms. The van der Waals surface area contributed by atoms with Crippen LogP contribution in [0.25, 0.3) is 11.1 Å². The van der Waals surface area contributed by atoms with Crippen LogP contribution in [0.1, 0.15) is 18.1 Å². The standard InChI is InChI=1S/C17H14F3NO4/c18-17(19,20)25-12-4-1-10(2-5-12)11-3-6-14-13(9-11)15(7-8-23-14)24-16(21)22/h1-6,9,15H,7-8H2,(H2,21,22). The Morgan fingerprint density at radius 1 is 1.12 bits per heavy atom. The molecule has 0 aromatic heterocycles. The molecular formula is C17H14F3NO4. The third-order valence-corrected chi connectivity index (χ3v) is 3.67. The highest BCUT2D eigenvalue weighted by Gasteiger charge is 2.31. The molecule has 0 saturated carbocycles. The van der Waals surface area contributed by atoms with Crippen LogP contribution in [0.5, 0.6) is 11.5 Å². The van der Waals surface area contributed by atoms with Gasteiger partial charge in [0.05, 0.1) is 6.61 Å². The van der Waals surface area contributed by atoms with Crippen molar-refractivity contribution >= 4 is 6.09 Å².